The zero-order valence-electron chi connectivity index (χ0n) is 14.2. The molecule has 0 spiro atoms. The predicted molar refractivity (Wildman–Crippen MR) is 104 cm³/mol. The lowest BCUT2D eigenvalue weighted by Crippen LogP contribution is -2.43. The Labute approximate surface area is 155 Å². The van der Waals surface area contributed by atoms with E-state index < -0.39 is 0 Å². The van der Waals surface area contributed by atoms with E-state index in [4.69, 9.17) is 5.73 Å². The van der Waals surface area contributed by atoms with E-state index in [9.17, 15) is 4.79 Å². The normalized spacial score (nSPS) is 21.8. The van der Waals surface area contributed by atoms with Crippen LogP contribution in [0.3, 0.4) is 0 Å². The molecule has 2 aromatic rings. The smallest absolute Gasteiger partial charge is 0.227 e. The Balaban J connectivity index is 1.70. The number of hydrogen-bond donors (Lipinski definition) is 3. The molecule has 6 nitrogen and oxygen atoms in total. The summed E-state index contributed by atoms with van der Waals surface area (Å²) < 4.78 is 0.935. The van der Waals surface area contributed by atoms with E-state index in [2.05, 4.69) is 36.1 Å². The van der Waals surface area contributed by atoms with Crippen molar-refractivity contribution < 1.29 is 4.79 Å². The number of amides is 1. The van der Waals surface area contributed by atoms with Crippen molar-refractivity contribution in [3.63, 3.8) is 0 Å². The van der Waals surface area contributed by atoms with Crippen molar-refractivity contribution in [2.45, 2.75) is 44.6 Å². The van der Waals surface area contributed by atoms with Crippen LogP contribution < -0.4 is 16.0 Å². The first-order chi connectivity index (χ1) is 12.1. The van der Waals surface area contributed by atoms with Crippen molar-refractivity contribution in [3.05, 3.63) is 16.9 Å². The number of hydrogen-bond acceptors (Lipinski definition) is 4. The highest BCUT2D eigenvalue weighted by atomic mass is 79.9. The summed E-state index contributed by atoms with van der Waals surface area (Å²) in [6.07, 6.45) is 10.1. The van der Waals surface area contributed by atoms with Gasteiger partial charge in [0, 0.05) is 37.4 Å². The second-order valence-electron chi connectivity index (χ2n) is 7.20. The Morgan fingerprint density at radius 3 is 2.88 bits per heavy atom. The number of halogens is 1. The van der Waals surface area contributed by atoms with E-state index in [0.717, 1.165) is 78.5 Å². The maximum absolute atomic E-state index is 12.6. The van der Waals surface area contributed by atoms with E-state index in [1.54, 1.807) is 0 Å². The number of nitrogens with one attached hydrogen (secondary N) is 2. The molecule has 25 heavy (non-hydrogen) atoms. The number of aromatic nitrogens is 2. The van der Waals surface area contributed by atoms with Gasteiger partial charge >= 0.3 is 0 Å². The summed E-state index contributed by atoms with van der Waals surface area (Å²) in [5, 5.41) is 4.10. The highest BCUT2D eigenvalue weighted by Gasteiger charge is 2.26. The van der Waals surface area contributed by atoms with Crippen LogP contribution in [0.2, 0.25) is 0 Å². The van der Waals surface area contributed by atoms with Crippen molar-refractivity contribution in [1.82, 2.24) is 9.97 Å². The van der Waals surface area contributed by atoms with Gasteiger partial charge in [-0.15, -0.1) is 0 Å². The summed E-state index contributed by atoms with van der Waals surface area (Å²) >= 11 is 3.65. The fourth-order valence-electron chi connectivity index (χ4n) is 4.10. The monoisotopic (exact) mass is 405 g/mol. The van der Waals surface area contributed by atoms with Crippen LogP contribution in [-0.2, 0) is 4.79 Å². The number of rotatable bonds is 3. The third-order valence-electron chi connectivity index (χ3n) is 5.39. The molecular formula is C18H24BrN5O. The van der Waals surface area contributed by atoms with E-state index in [0.29, 0.717) is 0 Å². The van der Waals surface area contributed by atoms with Crippen LogP contribution in [0.1, 0.15) is 38.5 Å². The first kappa shape index (κ1) is 16.8. The number of nitrogens with two attached hydrogens (primary N) is 1. The average molecular weight is 406 g/mol. The van der Waals surface area contributed by atoms with E-state index in [1.165, 1.54) is 0 Å². The summed E-state index contributed by atoms with van der Waals surface area (Å²) in [7, 11) is 0. The molecular weight excluding hydrogens is 382 g/mol. The molecule has 1 saturated carbocycles. The molecule has 1 aliphatic heterocycles. The largest absolute Gasteiger partial charge is 0.368 e. The standard InChI is InChI=1S/C18H24BrN5O/c19-13-8-21-17-15(16(13)24-7-3-6-12(20)10-24)14(9-22-17)23-18(25)11-4-1-2-5-11/h8-9,11-12H,1-7,10,20H2,(H,21,22)(H,23,25). The van der Waals surface area contributed by atoms with Gasteiger partial charge in [0.15, 0.2) is 0 Å². The average Bonchev–Trinajstić information content (AvgIpc) is 3.25. The first-order valence-corrected chi connectivity index (χ1v) is 9.89. The van der Waals surface area contributed by atoms with Crippen LogP contribution in [0, 0.1) is 5.92 Å². The lowest BCUT2D eigenvalue weighted by atomic mass is 10.0. The number of nitrogens with zero attached hydrogens (tertiary/aromatic N) is 2. The summed E-state index contributed by atoms with van der Waals surface area (Å²) in [6, 6.07) is 0.180. The van der Waals surface area contributed by atoms with Crippen LogP contribution in [0.15, 0.2) is 16.9 Å². The summed E-state index contributed by atoms with van der Waals surface area (Å²) in [6.45, 7) is 1.78. The molecule has 1 amide bonds. The fourth-order valence-corrected chi connectivity index (χ4v) is 4.65. The summed E-state index contributed by atoms with van der Waals surface area (Å²) in [5.74, 6) is 0.261. The highest BCUT2D eigenvalue weighted by Crippen LogP contribution is 2.39. The molecule has 2 aromatic heterocycles. The quantitative estimate of drug-likeness (QED) is 0.730. The molecule has 4 N–H and O–H groups in total. The van der Waals surface area contributed by atoms with Gasteiger partial charge in [0.25, 0.3) is 0 Å². The molecule has 1 saturated heterocycles. The third-order valence-corrected chi connectivity index (χ3v) is 5.97. The van der Waals surface area contributed by atoms with Gasteiger partial charge in [-0.25, -0.2) is 4.98 Å². The van der Waals surface area contributed by atoms with Crippen molar-refractivity contribution >= 4 is 44.2 Å². The number of H-pyrrole nitrogens is 1. The van der Waals surface area contributed by atoms with Gasteiger partial charge in [-0.05, 0) is 41.6 Å². The maximum Gasteiger partial charge on any atom is 0.227 e. The lowest BCUT2D eigenvalue weighted by molar-refractivity contribution is -0.119. The number of carbonyl (C=O) groups excluding carboxylic acids is 1. The Hall–Kier alpha value is -1.60. The zero-order chi connectivity index (χ0) is 17.4. The topological polar surface area (TPSA) is 87.0 Å². The fraction of sp³-hybridized carbons (Fsp3) is 0.556. The van der Waals surface area contributed by atoms with Gasteiger partial charge in [0.05, 0.1) is 21.2 Å². The van der Waals surface area contributed by atoms with Crippen molar-refractivity contribution in [2.24, 2.45) is 11.7 Å². The molecule has 1 unspecified atom stereocenters. The van der Waals surface area contributed by atoms with E-state index in [1.807, 2.05) is 12.4 Å². The van der Waals surface area contributed by atoms with Gasteiger partial charge in [-0.3, -0.25) is 4.79 Å². The van der Waals surface area contributed by atoms with E-state index >= 15 is 0 Å². The van der Waals surface area contributed by atoms with E-state index in [-0.39, 0.29) is 17.9 Å². The van der Waals surface area contributed by atoms with Crippen molar-refractivity contribution in [3.8, 4) is 0 Å². The van der Waals surface area contributed by atoms with Crippen LogP contribution in [0.25, 0.3) is 11.0 Å². The number of fused-ring (bicyclic) bond motifs is 1. The predicted octanol–water partition coefficient (Wildman–Crippen LogP) is 3.38. The van der Waals surface area contributed by atoms with Gasteiger partial charge in [0.2, 0.25) is 5.91 Å². The maximum atomic E-state index is 12.6. The minimum absolute atomic E-state index is 0.125. The van der Waals surface area contributed by atoms with Gasteiger partial charge < -0.3 is 20.9 Å². The van der Waals surface area contributed by atoms with Gasteiger partial charge in [-0.1, -0.05) is 12.8 Å². The summed E-state index contributed by atoms with van der Waals surface area (Å²) in [5.41, 5.74) is 8.86. The minimum Gasteiger partial charge on any atom is -0.368 e. The molecule has 2 aliphatic rings. The first-order valence-electron chi connectivity index (χ1n) is 9.10. The molecule has 1 aliphatic carbocycles. The van der Waals surface area contributed by atoms with Gasteiger partial charge in [-0.2, -0.15) is 0 Å². The molecule has 4 rings (SSSR count). The van der Waals surface area contributed by atoms with Crippen LogP contribution in [0.5, 0.6) is 0 Å². The van der Waals surface area contributed by atoms with Crippen LogP contribution in [0.4, 0.5) is 11.4 Å². The highest BCUT2D eigenvalue weighted by molar-refractivity contribution is 9.10. The molecule has 1 atom stereocenters. The Morgan fingerprint density at radius 2 is 2.12 bits per heavy atom. The van der Waals surface area contributed by atoms with Crippen molar-refractivity contribution in [1.29, 1.82) is 0 Å². The second-order valence-corrected chi connectivity index (χ2v) is 8.05. The molecule has 3 heterocycles. The SMILES string of the molecule is NC1CCCN(c2c(Br)cnc3[nH]cc(NC(=O)C4CCCC4)c23)C1. The molecule has 7 heteroatoms. The zero-order valence-corrected chi connectivity index (χ0v) is 15.8. The molecule has 0 bridgehead atoms. The summed E-state index contributed by atoms with van der Waals surface area (Å²) in [4.78, 5) is 22.6. The molecule has 134 valence electrons. The van der Waals surface area contributed by atoms with Gasteiger partial charge in [0.1, 0.15) is 5.65 Å². The second kappa shape index (κ2) is 6.96. The number of anilines is 2. The van der Waals surface area contributed by atoms with Crippen LogP contribution in [-0.4, -0.2) is 35.0 Å². The Kier molecular flexibility index (Phi) is 4.69. The number of carbonyl (C=O) groups is 1. The number of pyridine rings is 1. The lowest BCUT2D eigenvalue weighted by Gasteiger charge is -2.33. The third kappa shape index (κ3) is 3.27. The molecule has 0 aromatic carbocycles. The Bertz CT molecular complexity index is 783. The van der Waals surface area contributed by atoms with Crippen molar-refractivity contribution in [2.75, 3.05) is 23.3 Å². The molecule has 2 fully saturated rings. The number of piperidine rings is 1. The minimum atomic E-state index is 0.125. The Morgan fingerprint density at radius 1 is 1.32 bits per heavy atom. The number of aromatic amines is 1. The van der Waals surface area contributed by atoms with Crippen LogP contribution >= 0.6 is 15.9 Å². The molecule has 0 radical (unpaired) electrons.